The Morgan fingerprint density at radius 1 is 1.03 bits per heavy atom. The van der Waals surface area contributed by atoms with Crippen LogP contribution in [-0.2, 0) is 17.8 Å². The van der Waals surface area contributed by atoms with E-state index >= 15 is 0 Å². The number of amides is 1. The van der Waals surface area contributed by atoms with Gasteiger partial charge in [0.25, 0.3) is 5.78 Å². The Labute approximate surface area is 198 Å². The molecule has 0 aliphatic heterocycles. The van der Waals surface area contributed by atoms with E-state index in [4.69, 9.17) is 0 Å². The van der Waals surface area contributed by atoms with Crippen LogP contribution < -0.4 is 5.32 Å². The van der Waals surface area contributed by atoms with Gasteiger partial charge in [0.15, 0.2) is 0 Å². The summed E-state index contributed by atoms with van der Waals surface area (Å²) in [7, 11) is 0. The van der Waals surface area contributed by atoms with Crippen LogP contribution >= 0.6 is 11.8 Å². The predicted molar refractivity (Wildman–Crippen MR) is 123 cm³/mol. The molecule has 4 aromatic rings. The van der Waals surface area contributed by atoms with Gasteiger partial charge in [-0.3, -0.25) is 4.79 Å². The molecule has 34 heavy (non-hydrogen) atoms. The summed E-state index contributed by atoms with van der Waals surface area (Å²) in [6.45, 7) is 5.54. The van der Waals surface area contributed by atoms with Crippen molar-refractivity contribution in [2.45, 2.75) is 38.9 Å². The molecule has 0 saturated carbocycles. The van der Waals surface area contributed by atoms with E-state index in [1.54, 1.807) is 4.52 Å². The lowest BCUT2D eigenvalue weighted by atomic mass is 10.0. The van der Waals surface area contributed by atoms with Crippen LogP contribution in [0.2, 0.25) is 0 Å². The summed E-state index contributed by atoms with van der Waals surface area (Å²) in [5.74, 6) is -3.21. The van der Waals surface area contributed by atoms with E-state index < -0.39 is 35.5 Å². The summed E-state index contributed by atoms with van der Waals surface area (Å²) >= 11 is 1.08. The molecule has 0 aliphatic rings. The third-order valence-electron chi connectivity index (χ3n) is 5.39. The van der Waals surface area contributed by atoms with Crippen molar-refractivity contribution in [2.75, 3.05) is 5.75 Å². The average Bonchev–Trinajstić information content (AvgIpc) is 3.17. The summed E-state index contributed by atoms with van der Waals surface area (Å²) < 4.78 is 42.1. The first-order valence-electron chi connectivity index (χ1n) is 10.5. The highest BCUT2D eigenvalue weighted by molar-refractivity contribution is 7.99. The number of carbonyl (C=O) groups excluding carboxylic acids is 1. The Bertz CT molecular complexity index is 1370. The quantitative estimate of drug-likeness (QED) is 0.391. The van der Waals surface area contributed by atoms with E-state index in [0.29, 0.717) is 29.5 Å². The molecule has 1 N–H and O–H groups in total. The van der Waals surface area contributed by atoms with Crippen LogP contribution in [0.15, 0.2) is 41.6 Å². The molecule has 1 amide bonds. The normalized spacial score (nSPS) is 11.2. The molecule has 0 aliphatic carbocycles. The molecule has 2 aromatic carbocycles. The van der Waals surface area contributed by atoms with E-state index in [0.717, 1.165) is 28.7 Å². The zero-order valence-corrected chi connectivity index (χ0v) is 19.6. The molecular weight excluding hydrogens is 463 g/mol. The van der Waals surface area contributed by atoms with Crippen molar-refractivity contribution in [1.82, 2.24) is 24.9 Å². The van der Waals surface area contributed by atoms with Gasteiger partial charge in [0.1, 0.15) is 17.5 Å². The monoisotopic (exact) mass is 485 g/mol. The van der Waals surface area contributed by atoms with E-state index in [1.807, 2.05) is 32.9 Å². The molecule has 6 nitrogen and oxygen atoms in total. The predicted octanol–water partition coefficient (Wildman–Crippen LogP) is 4.47. The van der Waals surface area contributed by atoms with Crippen LogP contribution in [0.3, 0.4) is 0 Å². The molecule has 176 valence electrons. The summed E-state index contributed by atoms with van der Waals surface area (Å²) in [5, 5.41) is 7.25. The van der Waals surface area contributed by atoms with Gasteiger partial charge in [-0.05, 0) is 31.9 Å². The summed E-state index contributed by atoms with van der Waals surface area (Å²) in [4.78, 5) is 21.1. The third kappa shape index (κ3) is 5.22. The number of halogens is 3. The van der Waals surface area contributed by atoms with Gasteiger partial charge in [0, 0.05) is 42.0 Å². The maximum atomic E-state index is 13.7. The molecule has 2 aromatic heterocycles. The van der Waals surface area contributed by atoms with E-state index in [-0.39, 0.29) is 5.75 Å². The van der Waals surface area contributed by atoms with Gasteiger partial charge < -0.3 is 5.32 Å². The average molecular weight is 486 g/mol. The van der Waals surface area contributed by atoms with Crippen molar-refractivity contribution in [3.8, 4) is 0 Å². The Hall–Kier alpha value is -3.40. The maximum Gasteiger partial charge on any atom is 0.253 e. The van der Waals surface area contributed by atoms with Gasteiger partial charge in [0.05, 0.1) is 5.75 Å². The lowest BCUT2D eigenvalue weighted by Gasteiger charge is -2.10. The second kappa shape index (κ2) is 9.84. The van der Waals surface area contributed by atoms with E-state index in [2.05, 4.69) is 32.5 Å². The van der Waals surface area contributed by atoms with Crippen LogP contribution in [0.25, 0.3) is 5.78 Å². The van der Waals surface area contributed by atoms with Crippen molar-refractivity contribution in [1.29, 1.82) is 0 Å². The minimum atomic E-state index is -1.05. The number of nitrogens with one attached hydrogen (secondary N) is 1. The number of thioether (sulfide) groups is 1. The third-order valence-corrected chi connectivity index (χ3v) is 6.23. The SMILES string of the molecule is Cc1cccc(Cc2c(C)nc3nc(SCC(=O)NCc4c(F)cc(F)cc4F)nn3c2C)c1. The number of nitrogens with zero attached hydrogens (tertiary/aromatic N) is 4. The fraction of sp³-hybridized carbons (Fsp3) is 0.250. The van der Waals surface area contributed by atoms with Gasteiger partial charge in [-0.15, -0.1) is 5.10 Å². The largest absolute Gasteiger partial charge is 0.351 e. The molecule has 0 fully saturated rings. The van der Waals surface area contributed by atoms with Crippen molar-refractivity contribution in [3.63, 3.8) is 0 Å². The first kappa shape index (κ1) is 23.7. The molecule has 0 bridgehead atoms. The highest BCUT2D eigenvalue weighted by atomic mass is 32.2. The fourth-order valence-corrected chi connectivity index (χ4v) is 4.29. The van der Waals surface area contributed by atoms with Crippen molar-refractivity contribution in [3.05, 3.63) is 87.5 Å². The van der Waals surface area contributed by atoms with Crippen molar-refractivity contribution < 1.29 is 18.0 Å². The number of aromatic nitrogens is 4. The van der Waals surface area contributed by atoms with Crippen LogP contribution in [0, 0.1) is 38.2 Å². The number of rotatable bonds is 7. The second-order valence-corrected chi connectivity index (χ2v) is 8.89. The Balaban J connectivity index is 1.44. The smallest absolute Gasteiger partial charge is 0.253 e. The number of hydrogen-bond acceptors (Lipinski definition) is 5. The standard InChI is InChI=1S/C24H22F3N5OS/c1-13-5-4-6-16(7-13)8-18-14(2)29-23-30-24(31-32(23)15(18)3)34-12-22(33)28-11-19-20(26)9-17(25)10-21(19)27/h4-7,9-10H,8,11-12H2,1-3H3,(H,28,33). The van der Waals surface area contributed by atoms with Crippen LogP contribution in [-0.4, -0.2) is 31.2 Å². The molecule has 0 spiro atoms. The zero-order chi connectivity index (χ0) is 24.4. The van der Waals surface area contributed by atoms with Gasteiger partial charge in [-0.25, -0.2) is 22.7 Å². The Kier molecular flexibility index (Phi) is 6.87. The highest BCUT2D eigenvalue weighted by Gasteiger charge is 2.16. The molecule has 10 heteroatoms. The molecule has 0 radical (unpaired) electrons. The fourth-order valence-electron chi connectivity index (χ4n) is 3.64. The van der Waals surface area contributed by atoms with Crippen molar-refractivity contribution in [2.24, 2.45) is 0 Å². The first-order valence-corrected chi connectivity index (χ1v) is 11.5. The molecule has 0 saturated heterocycles. The van der Waals surface area contributed by atoms with Crippen LogP contribution in [0.4, 0.5) is 13.2 Å². The Morgan fingerprint density at radius 3 is 2.47 bits per heavy atom. The first-order chi connectivity index (χ1) is 16.2. The van der Waals surface area contributed by atoms with Gasteiger partial charge in [-0.2, -0.15) is 4.98 Å². The zero-order valence-electron chi connectivity index (χ0n) is 18.8. The molecule has 0 atom stereocenters. The van der Waals surface area contributed by atoms with Gasteiger partial charge in [-0.1, -0.05) is 41.6 Å². The lowest BCUT2D eigenvalue weighted by molar-refractivity contribution is -0.118. The number of aryl methyl sites for hydroxylation is 3. The number of carbonyl (C=O) groups is 1. The van der Waals surface area contributed by atoms with Crippen LogP contribution in [0.5, 0.6) is 0 Å². The van der Waals surface area contributed by atoms with Gasteiger partial charge in [0.2, 0.25) is 11.1 Å². The number of hydrogen-bond donors (Lipinski definition) is 1. The van der Waals surface area contributed by atoms with E-state index in [1.165, 1.54) is 11.1 Å². The summed E-state index contributed by atoms with van der Waals surface area (Å²) in [6, 6.07) is 9.42. The van der Waals surface area contributed by atoms with Crippen molar-refractivity contribution >= 4 is 23.4 Å². The van der Waals surface area contributed by atoms with E-state index in [9.17, 15) is 18.0 Å². The maximum absolute atomic E-state index is 13.7. The lowest BCUT2D eigenvalue weighted by Crippen LogP contribution is -2.25. The number of benzene rings is 2. The molecule has 4 rings (SSSR count). The summed E-state index contributed by atoms with van der Waals surface area (Å²) in [5.41, 5.74) is 4.78. The molecular formula is C24H22F3N5OS. The van der Waals surface area contributed by atoms with Gasteiger partial charge >= 0.3 is 0 Å². The highest BCUT2D eigenvalue weighted by Crippen LogP contribution is 2.21. The second-order valence-electron chi connectivity index (χ2n) is 7.95. The minimum Gasteiger partial charge on any atom is -0.351 e. The Morgan fingerprint density at radius 2 is 1.76 bits per heavy atom. The van der Waals surface area contributed by atoms with Crippen LogP contribution in [0.1, 0.15) is 33.6 Å². The summed E-state index contributed by atoms with van der Waals surface area (Å²) in [6.07, 6.45) is 0.712. The molecule has 0 unspecified atom stereocenters. The topological polar surface area (TPSA) is 72.2 Å². The minimum absolute atomic E-state index is 0.0600. The molecule has 2 heterocycles. The number of fused-ring (bicyclic) bond motifs is 1.